The maximum atomic E-state index is 11.0. The molecule has 0 aliphatic rings. The second-order valence-corrected chi connectivity index (χ2v) is 2.69. The first-order valence-electron chi connectivity index (χ1n) is 3.72. The Balaban J connectivity index is 2.76. The first kappa shape index (κ1) is 7.72. The second-order valence-electron chi connectivity index (χ2n) is 2.69. The van der Waals surface area contributed by atoms with Crippen molar-refractivity contribution in [2.45, 2.75) is 6.92 Å². The molecule has 2 rings (SSSR count). The van der Waals surface area contributed by atoms with Crippen LogP contribution < -0.4 is 0 Å². The molecule has 66 valence electrons. The van der Waals surface area contributed by atoms with Gasteiger partial charge in [0.25, 0.3) is 0 Å². The minimum Gasteiger partial charge on any atom is -0.505 e. The van der Waals surface area contributed by atoms with Crippen LogP contribution in [0.5, 0.6) is 5.75 Å². The topological polar surface area (TPSA) is 67.5 Å². The van der Waals surface area contributed by atoms with Gasteiger partial charge >= 0.3 is 0 Å². The summed E-state index contributed by atoms with van der Waals surface area (Å²) in [7, 11) is 0. The van der Waals surface area contributed by atoms with Crippen molar-refractivity contribution in [1.29, 1.82) is 0 Å². The predicted octanol–water partition coefficient (Wildman–Crippen LogP) is 0.637. The van der Waals surface area contributed by atoms with E-state index in [4.69, 9.17) is 5.11 Å². The first-order valence-corrected chi connectivity index (χ1v) is 3.72. The van der Waals surface area contributed by atoms with Gasteiger partial charge in [-0.2, -0.15) is 5.10 Å². The predicted molar refractivity (Wildman–Crippen MR) is 44.7 cm³/mol. The molecular weight excluding hydrogens is 170 g/mol. The maximum absolute atomic E-state index is 11.0. The largest absolute Gasteiger partial charge is 0.505 e. The van der Waals surface area contributed by atoms with Crippen LogP contribution in [0.25, 0.3) is 5.65 Å². The summed E-state index contributed by atoms with van der Waals surface area (Å²) in [4.78, 5) is 14.9. The van der Waals surface area contributed by atoms with Gasteiger partial charge in [-0.25, -0.2) is 9.50 Å². The third-order valence-electron chi connectivity index (χ3n) is 1.72. The van der Waals surface area contributed by atoms with Gasteiger partial charge in [0.15, 0.2) is 17.2 Å². The van der Waals surface area contributed by atoms with Gasteiger partial charge in [0.2, 0.25) is 0 Å². The Hall–Kier alpha value is -1.91. The summed E-state index contributed by atoms with van der Waals surface area (Å²) in [5.74, 6) is -0.0705. The van der Waals surface area contributed by atoms with E-state index in [1.54, 1.807) is 0 Å². The summed E-state index contributed by atoms with van der Waals surface area (Å²) in [6.45, 7) is 1.45. The highest BCUT2D eigenvalue weighted by Gasteiger charge is 2.09. The lowest BCUT2D eigenvalue weighted by molar-refractivity contribution is 0.101. The Morgan fingerprint density at radius 1 is 1.54 bits per heavy atom. The normalized spacial score (nSPS) is 10.5. The van der Waals surface area contributed by atoms with E-state index in [0.29, 0.717) is 11.2 Å². The zero-order valence-electron chi connectivity index (χ0n) is 6.93. The maximum Gasteiger partial charge on any atom is 0.166 e. The van der Waals surface area contributed by atoms with Gasteiger partial charge in [0, 0.05) is 0 Å². The molecule has 0 aliphatic heterocycles. The third kappa shape index (κ3) is 1.14. The van der Waals surface area contributed by atoms with Gasteiger partial charge in [-0.1, -0.05) is 0 Å². The number of nitrogens with zero attached hydrogens (tertiary/aromatic N) is 3. The van der Waals surface area contributed by atoms with Crippen molar-refractivity contribution in [3.05, 3.63) is 24.2 Å². The van der Waals surface area contributed by atoms with Gasteiger partial charge in [0.1, 0.15) is 0 Å². The lowest BCUT2D eigenvalue weighted by Gasteiger charge is -1.94. The number of hydrogen-bond donors (Lipinski definition) is 1. The number of rotatable bonds is 1. The summed E-state index contributed by atoms with van der Waals surface area (Å²) < 4.78 is 1.37. The number of ketones is 1. The van der Waals surface area contributed by atoms with Crippen molar-refractivity contribution >= 4 is 11.4 Å². The number of carbonyl (C=O) groups is 1. The van der Waals surface area contributed by atoms with Gasteiger partial charge in [-0.15, -0.1) is 0 Å². The molecule has 5 nitrogen and oxygen atoms in total. The number of fused-ring (bicyclic) bond motifs is 1. The molecule has 0 unspecified atom stereocenters. The van der Waals surface area contributed by atoms with E-state index >= 15 is 0 Å². The van der Waals surface area contributed by atoms with E-state index in [2.05, 4.69) is 10.1 Å². The van der Waals surface area contributed by atoms with Crippen LogP contribution >= 0.6 is 0 Å². The van der Waals surface area contributed by atoms with Gasteiger partial charge < -0.3 is 5.11 Å². The summed E-state index contributed by atoms with van der Waals surface area (Å²) in [6, 6.07) is 0. The smallest absolute Gasteiger partial charge is 0.166 e. The van der Waals surface area contributed by atoms with Gasteiger partial charge in [-0.3, -0.25) is 4.79 Å². The van der Waals surface area contributed by atoms with Crippen LogP contribution in [0, 0.1) is 0 Å². The highest BCUT2D eigenvalue weighted by atomic mass is 16.3. The zero-order chi connectivity index (χ0) is 9.42. The molecule has 0 bridgehead atoms. The minimum absolute atomic E-state index is 0.0192. The Labute approximate surface area is 73.6 Å². The molecule has 0 atom stereocenters. The van der Waals surface area contributed by atoms with E-state index in [-0.39, 0.29) is 11.5 Å². The molecule has 0 radical (unpaired) electrons. The van der Waals surface area contributed by atoms with Crippen molar-refractivity contribution in [2.75, 3.05) is 0 Å². The van der Waals surface area contributed by atoms with Gasteiger partial charge in [-0.05, 0) is 6.92 Å². The standard InChI is InChI=1S/C8H7N3O2/c1-5(12)7-3-10-11-4-6(13)2-9-8(7)11/h2-4,13H,1H3. The third-order valence-corrected chi connectivity index (χ3v) is 1.72. The van der Waals surface area contributed by atoms with Gasteiger partial charge in [0.05, 0.1) is 24.2 Å². The molecule has 0 aromatic carbocycles. The SMILES string of the molecule is CC(=O)c1cnn2cc(O)cnc12. The number of aromatic hydroxyl groups is 1. The molecule has 0 fully saturated rings. The molecule has 0 aliphatic carbocycles. The molecule has 2 heterocycles. The van der Waals surface area contributed by atoms with Crippen LogP contribution in [-0.4, -0.2) is 25.5 Å². The average Bonchev–Trinajstić information content (AvgIpc) is 2.46. The van der Waals surface area contributed by atoms with Crippen LogP contribution in [0.15, 0.2) is 18.6 Å². The fourth-order valence-electron chi connectivity index (χ4n) is 1.11. The van der Waals surface area contributed by atoms with Crippen LogP contribution in [0.4, 0.5) is 0 Å². The number of carbonyl (C=O) groups excluding carboxylic acids is 1. The molecule has 1 N–H and O–H groups in total. The van der Waals surface area contributed by atoms with E-state index in [1.165, 1.54) is 30.0 Å². The Bertz CT molecular complexity index is 475. The molecule has 2 aromatic heterocycles. The summed E-state index contributed by atoms with van der Waals surface area (Å²) in [5, 5.41) is 12.9. The van der Waals surface area contributed by atoms with E-state index < -0.39 is 0 Å². The van der Waals surface area contributed by atoms with Crippen molar-refractivity contribution in [2.24, 2.45) is 0 Å². The average molecular weight is 177 g/mol. The molecule has 0 saturated heterocycles. The molecule has 0 saturated carbocycles. The van der Waals surface area contributed by atoms with Crippen molar-refractivity contribution in [3.63, 3.8) is 0 Å². The van der Waals surface area contributed by atoms with Crippen molar-refractivity contribution < 1.29 is 9.90 Å². The summed E-state index contributed by atoms with van der Waals surface area (Å²) in [6.07, 6.45) is 4.11. The molecule has 13 heavy (non-hydrogen) atoms. The minimum atomic E-state index is -0.0896. The monoisotopic (exact) mass is 177 g/mol. The van der Waals surface area contributed by atoms with Crippen LogP contribution in [0.3, 0.4) is 0 Å². The highest BCUT2D eigenvalue weighted by molar-refractivity contribution is 5.99. The van der Waals surface area contributed by atoms with E-state index in [1.807, 2.05) is 0 Å². The second kappa shape index (κ2) is 2.55. The van der Waals surface area contributed by atoms with Crippen molar-refractivity contribution in [3.8, 4) is 5.75 Å². The Kier molecular flexibility index (Phi) is 1.51. The van der Waals surface area contributed by atoms with E-state index in [0.717, 1.165) is 0 Å². The van der Waals surface area contributed by atoms with E-state index in [9.17, 15) is 4.79 Å². The van der Waals surface area contributed by atoms with Crippen LogP contribution in [-0.2, 0) is 0 Å². The number of hydrogen-bond acceptors (Lipinski definition) is 4. The summed E-state index contributed by atoms with van der Waals surface area (Å²) in [5.41, 5.74) is 0.922. The Morgan fingerprint density at radius 3 is 3.00 bits per heavy atom. The lowest BCUT2D eigenvalue weighted by atomic mass is 10.2. The number of aromatic nitrogens is 3. The highest BCUT2D eigenvalue weighted by Crippen LogP contribution is 2.11. The molecule has 0 amide bonds. The quantitative estimate of drug-likeness (QED) is 0.649. The zero-order valence-corrected chi connectivity index (χ0v) is 6.93. The van der Waals surface area contributed by atoms with Crippen LogP contribution in [0.1, 0.15) is 17.3 Å². The van der Waals surface area contributed by atoms with Crippen molar-refractivity contribution in [1.82, 2.24) is 14.6 Å². The molecule has 2 aromatic rings. The molecule has 0 spiro atoms. The first-order chi connectivity index (χ1) is 6.18. The lowest BCUT2D eigenvalue weighted by Crippen LogP contribution is -1.93. The molecular formula is C8H7N3O2. The fraction of sp³-hybridized carbons (Fsp3) is 0.125. The van der Waals surface area contributed by atoms with Crippen LogP contribution in [0.2, 0.25) is 0 Å². The Morgan fingerprint density at radius 2 is 2.31 bits per heavy atom. The number of Topliss-reactive ketones (excluding diaryl/α,β-unsaturated/α-hetero) is 1. The summed E-state index contributed by atoms with van der Waals surface area (Å²) >= 11 is 0. The molecule has 5 heteroatoms. The fourth-order valence-corrected chi connectivity index (χ4v) is 1.11.